The molecule has 0 unspecified atom stereocenters. The Balaban J connectivity index is 0.00000108. The van der Waals surface area contributed by atoms with Gasteiger partial charge in [-0.05, 0) is 0 Å². The van der Waals surface area contributed by atoms with Gasteiger partial charge in [-0.2, -0.15) is 0 Å². The molecule has 0 atom stereocenters. The van der Waals surface area contributed by atoms with Gasteiger partial charge in [-0.15, -0.1) is 0 Å². The molecular weight excluding hydrogens is 272 g/mol. The van der Waals surface area contributed by atoms with Gasteiger partial charge in [-0.25, -0.2) is 0 Å². The second kappa shape index (κ2) is 5.54. The summed E-state index contributed by atoms with van der Waals surface area (Å²) in [5.74, 6) is 0. The summed E-state index contributed by atoms with van der Waals surface area (Å²) in [6, 6.07) is 11.7. The summed E-state index contributed by atoms with van der Waals surface area (Å²) < 4.78 is 19.4. The van der Waals surface area contributed by atoms with Crippen molar-refractivity contribution >= 4 is 47.0 Å². The third-order valence-electron chi connectivity index (χ3n) is 2.30. The van der Waals surface area contributed by atoms with Crippen LogP contribution in [0.3, 0.4) is 0 Å². The molecule has 2 radical (unpaired) electrons. The van der Waals surface area contributed by atoms with E-state index < -0.39 is 14.3 Å². The molecule has 80 valence electrons. The van der Waals surface area contributed by atoms with Crippen molar-refractivity contribution in [1.29, 1.82) is 0 Å². The summed E-state index contributed by atoms with van der Waals surface area (Å²) >= 11 is -1.97. The minimum absolute atomic E-state index is 0. The molecular formula is C12H9GeLiO3. The molecule has 17 heavy (non-hydrogen) atoms. The van der Waals surface area contributed by atoms with Crippen molar-refractivity contribution in [2.45, 2.75) is 0 Å². The Morgan fingerprint density at radius 1 is 0.647 bits per heavy atom. The van der Waals surface area contributed by atoms with Crippen molar-refractivity contribution in [3.63, 3.8) is 0 Å². The third kappa shape index (κ3) is 2.47. The molecule has 0 spiro atoms. The SMILES string of the molecule is [Li].c1co[c]([Ge]([c]2ccco2)[c]2ccco2)c1. The molecule has 0 amide bonds. The molecule has 0 bridgehead atoms. The minimum atomic E-state index is -1.97. The monoisotopic (exact) mass is 282 g/mol. The molecule has 5 heteroatoms. The Labute approximate surface area is 115 Å². The number of furan rings is 3. The fourth-order valence-electron chi connectivity index (χ4n) is 1.63. The topological polar surface area (TPSA) is 39.4 Å². The molecule has 3 nitrogen and oxygen atoms in total. The van der Waals surface area contributed by atoms with Crippen LogP contribution in [0.15, 0.2) is 68.4 Å². The maximum atomic E-state index is 5.50. The van der Waals surface area contributed by atoms with Gasteiger partial charge >= 0.3 is 96.6 Å². The zero-order chi connectivity index (χ0) is 10.8. The van der Waals surface area contributed by atoms with Gasteiger partial charge in [0.2, 0.25) is 0 Å². The molecule has 0 aromatic carbocycles. The van der Waals surface area contributed by atoms with Crippen molar-refractivity contribution in [2.75, 3.05) is 0 Å². The van der Waals surface area contributed by atoms with E-state index in [2.05, 4.69) is 0 Å². The van der Waals surface area contributed by atoms with Crippen LogP contribution in [0.4, 0.5) is 0 Å². The van der Waals surface area contributed by atoms with E-state index in [1.807, 2.05) is 36.4 Å². The Morgan fingerprint density at radius 2 is 1.00 bits per heavy atom. The molecule has 0 aliphatic carbocycles. The van der Waals surface area contributed by atoms with Crippen LogP contribution in [0.1, 0.15) is 0 Å². The second-order valence-electron chi connectivity index (χ2n) is 3.31. The summed E-state index contributed by atoms with van der Waals surface area (Å²) in [6.07, 6.45) is 5.07. The van der Waals surface area contributed by atoms with Gasteiger partial charge in [0.05, 0.1) is 0 Å². The van der Waals surface area contributed by atoms with Gasteiger partial charge in [-0.3, -0.25) is 0 Å². The Hall–Kier alpha value is -1.02. The first-order chi connectivity index (χ1) is 7.95. The Morgan fingerprint density at radius 3 is 1.24 bits per heavy atom. The van der Waals surface area contributed by atoms with Crippen molar-refractivity contribution < 1.29 is 13.3 Å². The predicted octanol–water partition coefficient (Wildman–Crippen LogP) is 0.601. The van der Waals surface area contributed by atoms with Gasteiger partial charge in [0.25, 0.3) is 0 Å². The molecule has 0 saturated carbocycles. The van der Waals surface area contributed by atoms with Gasteiger partial charge in [0.1, 0.15) is 0 Å². The van der Waals surface area contributed by atoms with Crippen LogP contribution in [-0.4, -0.2) is 33.2 Å². The van der Waals surface area contributed by atoms with Crippen LogP contribution in [0, 0.1) is 0 Å². The molecule has 3 rings (SSSR count). The van der Waals surface area contributed by atoms with Crippen LogP contribution in [0.25, 0.3) is 0 Å². The first kappa shape index (κ1) is 12.4. The number of hydrogen-bond acceptors (Lipinski definition) is 3. The van der Waals surface area contributed by atoms with E-state index in [1.54, 1.807) is 18.8 Å². The summed E-state index contributed by atoms with van der Waals surface area (Å²) in [4.78, 5) is 0. The van der Waals surface area contributed by atoms with Gasteiger partial charge in [0.15, 0.2) is 0 Å². The van der Waals surface area contributed by atoms with E-state index in [4.69, 9.17) is 13.3 Å². The maximum absolute atomic E-state index is 5.50. The van der Waals surface area contributed by atoms with Gasteiger partial charge in [0, 0.05) is 18.9 Å². The van der Waals surface area contributed by atoms with Crippen LogP contribution in [0.2, 0.25) is 0 Å². The quantitative estimate of drug-likeness (QED) is 0.660. The normalized spacial score (nSPS) is 10.4. The standard InChI is InChI=1S/C12H9GeO3.Li/c1-4-10(14-7-1)13(11-5-2-8-15-11)12-6-3-9-16-12;/h1-9H;. The first-order valence-electron chi connectivity index (χ1n) is 4.94. The molecule has 0 N–H and O–H groups in total. The van der Waals surface area contributed by atoms with Crippen LogP contribution in [-0.2, 0) is 0 Å². The van der Waals surface area contributed by atoms with Crippen LogP contribution in [0.5, 0.6) is 0 Å². The Kier molecular flexibility index (Phi) is 4.06. The zero-order valence-corrected chi connectivity index (χ0v) is 11.5. The van der Waals surface area contributed by atoms with E-state index >= 15 is 0 Å². The molecule has 0 saturated heterocycles. The molecule has 3 aromatic rings. The van der Waals surface area contributed by atoms with Crippen molar-refractivity contribution in [3.8, 4) is 0 Å². The van der Waals surface area contributed by atoms with E-state index in [9.17, 15) is 0 Å². The second-order valence-corrected chi connectivity index (χ2v) is 7.98. The summed E-state index contributed by atoms with van der Waals surface area (Å²) in [7, 11) is 0. The average molecular weight is 281 g/mol. The van der Waals surface area contributed by atoms with Gasteiger partial charge in [-0.1, -0.05) is 0 Å². The van der Waals surface area contributed by atoms with Gasteiger partial charge < -0.3 is 0 Å². The number of hydrogen-bond donors (Lipinski definition) is 0. The fraction of sp³-hybridized carbons (Fsp3) is 0. The van der Waals surface area contributed by atoms with Crippen molar-refractivity contribution in [3.05, 3.63) is 55.2 Å². The molecule has 3 heterocycles. The summed E-state index contributed by atoms with van der Waals surface area (Å²) in [6.45, 7) is 0. The predicted molar refractivity (Wildman–Crippen MR) is 66.5 cm³/mol. The van der Waals surface area contributed by atoms with E-state index in [-0.39, 0.29) is 18.9 Å². The summed E-state index contributed by atoms with van der Waals surface area (Å²) in [5, 5.41) is 0. The molecule has 0 fully saturated rings. The van der Waals surface area contributed by atoms with Crippen molar-refractivity contribution in [2.24, 2.45) is 0 Å². The molecule has 3 aromatic heterocycles. The zero-order valence-electron chi connectivity index (χ0n) is 9.42. The fourth-order valence-corrected chi connectivity index (χ4v) is 5.98. The molecule has 0 aliphatic rings. The Bertz CT molecular complexity index is 447. The average Bonchev–Trinajstić information content (AvgIpc) is 3.02. The number of rotatable bonds is 3. The van der Waals surface area contributed by atoms with E-state index in [0.29, 0.717) is 0 Å². The molecule has 0 aliphatic heterocycles. The van der Waals surface area contributed by atoms with E-state index in [0.717, 1.165) is 13.8 Å². The third-order valence-corrected chi connectivity index (χ3v) is 7.20. The van der Waals surface area contributed by atoms with Crippen LogP contribution < -0.4 is 13.8 Å². The van der Waals surface area contributed by atoms with E-state index in [1.165, 1.54) is 0 Å². The summed E-state index contributed by atoms with van der Waals surface area (Å²) in [5.41, 5.74) is 0. The van der Waals surface area contributed by atoms with Crippen LogP contribution >= 0.6 is 0 Å². The first-order valence-corrected chi connectivity index (χ1v) is 8.08. The van der Waals surface area contributed by atoms with Crippen molar-refractivity contribution in [1.82, 2.24) is 0 Å².